The van der Waals surface area contributed by atoms with Gasteiger partial charge < -0.3 is 9.84 Å². The van der Waals surface area contributed by atoms with Crippen molar-refractivity contribution in [1.82, 2.24) is 9.88 Å². The maximum atomic E-state index is 12.6. The van der Waals surface area contributed by atoms with E-state index in [2.05, 4.69) is 4.98 Å². The third kappa shape index (κ3) is 5.82. The van der Waals surface area contributed by atoms with Gasteiger partial charge in [-0.05, 0) is 36.9 Å². The maximum absolute atomic E-state index is 12.6. The molecule has 0 saturated heterocycles. The van der Waals surface area contributed by atoms with E-state index >= 15 is 0 Å². The van der Waals surface area contributed by atoms with Crippen LogP contribution in [0.1, 0.15) is 11.1 Å². The zero-order chi connectivity index (χ0) is 17.6. The number of pyridine rings is 1. The molecule has 0 aliphatic heterocycles. The number of benzene rings is 1. The van der Waals surface area contributed by atoms with Crippen molar-refractivity contribution >= 4 is 0 Å². The Kier molecular flexibility index (Phi) is 6.16. The van der Waals surface area contributed by atoms with Crippen LogP contribution in [0.3, 0.4) is 0 Å². The van der Waals surface area contributed by atoms with E-state index in [4.69, 9.17) is 4.74 Å². The van der Waals surface area contributed by atoms with Crippen molar-refractivity contribution in [3.05, 3.63) is 59.9 Å². The van der Waals surface area contributed by atoms with E-state index < -0.39 is 17.8 Å². The second-order valence-electron chi connectivity index (χ2n) is 5.55. The molecule has 0 fully saturated rings. The first kappa shape index (κ1) is 18.2. The van der Waals surface area contributed by atoms with Crippen molar-refractivity contribution in [1.29, 1.82) is 0 Å². The molecule has 0 radical (unpaired) electrons. The van der Waals surface area contributed by atoms with Gasteiger partial charge in [-0.25, -0.2) is 0 Å². The van der Waals surface area contributed by atoms with Crippen LogP contribution in [-0.2, 0) is 12.7 Å². The fourth-order valence-corrected chi connectivity index (χ4v) is 2.23. The summed E-state index contributed by atoms with van der Waals surface area (Å²) in [5.41, 5.74) is 0.231. The summed E-state index contributed by atoms with van der Waals surface area (Å²) in [6.07, 6.45) is -1.81. The van der Waals surface area contributed by atoms with Crippen molar-refractivity contribution in [2.45, 2.75) is 18.8 Å². The number of nitrogens with zero attached hydrogens (tertiary/aromatic N) is 2. The Morgan fingerprint density at radius 3 is 2.71 bits per heavy atom. The molecule has 0 amide bonds. The minimum atomic E-state index is -4.41. The predicted molar refractivity (Wildman–Crippen MR) is 83.5 cm³/mol. The van der Waals surface area contributed by atoms with Gasteiger partial charge in [-0.1, -0.05) is 12.1 Å². The lowest BCUT2D eigenvalue weighted by molar-refractivity contribution is -0.137. The highest BCUT2D eigenvalue weighted by atomic mass is 19.4. The number of halogens is 3. The van der Waals surface area contributed by atoms with E-state index in [-0.39, 0.29) is 12.4 Å². The fourth-order valence-electron chi connectivity index (χ4n) is 2.23. The molecule has 1 aromatic carbocycles. The minimum Gasteiger partial charge on any atom is -0.491 e. The smallest absolute Gasteiger partial charge is 0.416 e. The first-order valence-corrected chi connectivity index (χ1v) is 7.40. The first-order chi connectivity index (χ1) is 11.3. The largest absolute Gasteiger partial charge is 0.491 e. The summed E-state index contributed by atoms with van der Waals surface area (Å²) in [5.74, 6) is 0.0822. The highest BCUT2D eigenvalue weighted by molar-refractivity contribution is 5.30. The van der Waals surface area contributed by atoms with Crippen molar-refractivity contribution < 1.29 is 23.0 Å². The summed E-state index contributed by atoms with van der Waals surface area (Å²) in [7, 11) is 1.83. The number of hydrogen-bond donors (Lipinski definition) is 1. The molecule has 0 aliphatic carbocycles. The zero-order valence-electron chi connectivity index (χ0n) is 13.2. The number of aliphatic hydroxyl groups excluding tert-OH is 1. The standard InChI is InChI=1S/C17H19F3N2O2/c1-22(10-13-4-3-7-21-9-13)11-15(23)12-24-16-6-2-5-14(8-16)17(18,19)20/h2-9,15,23H,10-12H2,1H3. The van der Waals surface area contributed by atoms with Crippen LogP contribution in [0, 0.1) is 0 Å². The Hall–Kier alpha value is -2.12. The maximum Gasteiger partial charge on any atom is 0.416 e. The lowest BCUT2D eigenvalue weighted by atomic mass is 10.2. The summed E-state index contributed by atoms with van der Waals surface area (Å²) in [6, 6.07) is 8.36. The number of hydrogen-bond acceptors (Lipinski definition) is 4. The van der Waals surface area contributed by atoms with E-state index in [1.54, 1.807) is 12.4 Å². The predicted octanol–water partition coefficient (Wildman–Crippen LogP) is 2.97. The van der Waals surface area contributed by atoms with Crippen LogP contribution in [0.5, 0.6) is 5.75 Å². The summed E-state index contributed by atoms with van der Waals surface area (Å²) in [5, 5.41) is 9.98. The average Bonchev–Trinajstić information content (AvgIpc) is 2.53. The Morgan fingerprint density at radius 2 is 2.04 bits per heavy atom. The molecule has 0 bridgehead atoms. The molecule has 1 N–H and O–H groups in total. The molecular formula is C17H19F3N2O2. The average molecular weight is 340 g/mol. The summed E-state index contributed by atoms with van der Waals surface area (Å²) >= 11 is 0. The molecule has 130 valence electrons. The minimum absolute atomic E-state index is 0.0822. The lowest BCUT2D eigenvalue weighted by Gasteiger charge is -2.21. The van der Waals surface area contributed by atoms with Gasteiger partial charge in [0, 0.05) is 25.5 Å². The molecule has 0 saturated carbocycles. The normalized spacial score (nSPS) is 13.1. The van der Waals surface area contributed by atoms with E-state index in [9.17, 15) is 18.3 Å². The van der Waals surface area contributed by atoms with Crippen molar-refractivity contribution in [2.24, 2.45) is 0 Å². The molecule has 24 heavy (non-hydrogen) atoms. The van der Waals surface area contributed by atoms with Gasteiger partial charge in [-0.2, -0.15) is 13.2 Å². The van der Waals surface area contributed by atoms with Crippen LogP contribution >= 0.6 is 0 Å². The Balaban J connectivity index is 1.81. The zero-order valence-corrected chi connectivity index (χ0v) is 13.2. The fraction of sp³-hybridized carbons (Fsp3) is 0.353. The molecule has 7 heteroatoms. The number of aliphatic hydroxyl groups is 1. The number of rotatable bonds is 7. The Morgan fingerprint density at radius 1 is 1.25 bits per heavy atom. The molecule has 1 unspecified atom stereocenters. The SMILES string of the molecule is CN(Cc1cccnc1)CC(O)COc1cccc(C(F)(F)F)c1. The second-order valence-corrected chi connectivity index (χ2v) is 5.55. The third-order valence-corrected chi connectivity index (χ3v) is 3.30. The quantitative estimate of drug-likeness (QED) is 0.842. The van der Waals surface area contributed by atoms with Gasteiger partial charge in [0.05, 0.1) is 5.56 Å². The van der Waals surface area contributed by atoms with Gasteiger partial charge in [0.15, 0.2) is 0 Å². The molecule has 4 nitrogen and oxygen atoms in total. The topological polar surface area (TPSA) is 45.6 Å². The number of likely N-dealkylation sites (N-methyl/N-ethyl adjacent to an activating group) is 1. The lowest BCUT2D eigenvalue weighted by Crippen LogP contribution is -2.32. The molecular weight excluding hydrogens is 321 g/mol. The van der Waals surface area contributed by atoms with Crippen LogP contribution in [0.15, 0.2) is 48.8 Å². The first-order valence-electron chi connectivity index (χ1n) is 7.40. The van der Waals surface area contributed by atoms with Gasteiger partial charge in [-0.3, -0.25) is 9.88 Å². The third-order valence-electron chi connectivity index (χ3n) is 3.30. The van der Waals surface area contributed by atoms with Gasteiger partial charge in [0.1, 0.15) is 18.5 Å². The molecule has 0 aliphatic rings. The van der Waals surface area contributed by atoms with E-state index in [1.807, 2.05) is 24.1 Å². The van der Waals surface area contributed by atoms with E-state index in [0.717, 1.165) is 17.7 Å². The molecule has 1 heterocycles. The van der Waals surface area contributed by atoms with Crippen LogP contribution in [-0.4, -0.2) is 41.3 Å². The van der Waals surface area contributed by atoms with E-state index in [0.29, 0.717) is 13.1 Å². The monoisotopic (exact) mass is 340 g/mol. The van der Waals surface area contributed by atoms with Crippen molar-refractivity contribution in [3.8, 4) is 5.75 Å². The second kappa shape index (κ2) is 8.12. The highest BCUT2D eigenvalue weighted by Gasteiger charge is 2.30. The van der Waals surface area contributed by atoms with Crippen LogP contribution in [0.2, 0.25) is 0 Å². The van der Waals surface area contributed by atoms with Crippen molar-refractivity contribution in [3.63, 3.8) is 0 Å². The van der Waals surface area contributed by atoms with Crippen molar-refractivity contribution in [2.75, 3.05) is 20.2 Å². The van der Waals surface area contributed by atoms with Crippen LogP contribution < -0.4 is 4.74 Å². The molecule has 0 spiro atoms. The van der Waals surface area contributed by atoms with Crippen LogP contribution in [0.4, 0.5) is 13.2 Å². The molecule has 1 aromatic heterocycles. The number of alkyl halides is 3. The summed E-state index contributed by atoms with van der Waals surface area (Å²) in [4.78, 5) is 5.90. The van der Waals surface area contributed by atoms with Gasteiger partial charge in [0.25, 0.3) is 0 Å². The highest BCUT2D eigenvalue weighted by Crippen LogP contribution is 2.31. The summed E-state index contributed by atoms with van der Waals surface area (Å²) < 4.78 is 43.2. The Bertz CT molecular complexity index is 635. The number of aromatic nitrogens is 1. The summed E-state index contributed by atoms with van der Waals surface area (Å²) in [6.45, 7) is 0.848. The van der Waals surface area contributed by atoms with Gasteiger partial charge in [-0.15, -0.1) is 0 Å². The van der Waals surface area contributed by atoms with Gasteiger partial charge >= 0.3 is 6.18 Å². The van der Waals surface area contributed by atoms with E-state index in [1.165, 1.54) is 12.1 Å². The molecule has 2 aromatic rings. The Labute approximate surface area is 138 Å². The van der Waals surface area contributed by atoms with Gasteiger partial charge in [0.2, 0.25) is 0 Å². The number of ether oxygens (including phenoxy) is 1. The molecule has 2 rings (SSSR count). The molecule has 1 atom stereocenters. The van der Waals surface area contributed by atoms with Crippen LogP contribution in [0.25, 0.3) is 0 Å².